The van der Waals surface area contributed by atoms with Crippen LogP contribution in [0.15, 0.2) is 0 Å². The standard InChI is InChI=1S/C7H13N2O/c8-5-7(10)9-6-3-1-2-4-6/h1,6H,2-5,8H2,(H,9,10). The summed E-state index contributed by atoms with van der Waals surface area (Å²) < 4.78 is 0. The number of rotatable bonds is 2. The monoisotopic (exact) mass is 141 g/mol. The van der Waals surface area contributed by atoms with E-state index in [1.54, 1.807) is 0 Å². The van der Waals surface area contributed by atoms with E-state index in [9.17, 15) is 4.79 Å². The van der Waals surface area contributed by atoms with E-state index in [4.69, 9.17) is 5.73 Å². The highest BCUT2D eigenvalue weighted by Gasteiger charge is 2.15. The van der Waals surface area contributed by atoms with Crippen LogP contribution < -0.4 is 11.1 Å². The van der Waals surface area contributed by atoms with E-state index in [1.807, 2.05) is 0 Å². The number of nitrogens with two attached hydrogens (primary N) is 1. The Morgan fingerprint density at radius 2 is 2.60 bits per heavy atom. The maximum Gasteiger partial charge on any atom is 0.233 e. The Morgan fingerprint density at radius 3 is 3.10 bits per heavy atom. The van der Waals surface area contributed by atoms with E-state index in [0.29, 0.717) is 6.04 Å². The van der Waals surface area contributed by atoms with Gasteiger partial charge < -0.3 is 11.1 Å². The third-order valence-corrected chi connectivity index (χ3v) is 1.72. The predicted octanol–water partition coefficient (Wildman–Crippen LogP) is -0.182. The first-order chi connectivity index (χ1) is 4.83. The van der Waals surface area contributed by atoms with Crippen molar-refractivity contribution < 1.29 is 4.79 Å². The second-order valence-electron chi connectivity index (χ2n) is 2.57. The molecule has 0 spiro atoms. The second kappa shape index (κ2) is 3.56. The molecule has 1 aliphatic rings. The lowest BCUT2D eigenvalue weighted by molar-refractivity contribution is -0.120. The summed E-state index contributed by atoms with van der Waals surface area (Å²) in [5, 5.41) is 2.83. The molecule has 1 amide bonds. The fourth-order valence-corrected chi connectivity index (χ4v) is 1.17. The SMILES string of the molecule is NCC(=O)NC1C[CH]CC1. The van der Waals surface area contributed by atoms with Gasteiger partial charge in [0.05, 0.1) is 6.54 Å². The number of carbonyl (C=O) groups is 1. The normalized spacial score (nSPS) is 19.3. The molecule has 10 heavy (non-hydrogen) atoms. The van der Waals surface area contributed by atoms with Crippen molar-refractivity contribution in [3.05, 3.63) is 6.42 Å². The van der Waals surface area contributed by atoms with E-state index in [-0.39, 0.29) is 12.5 Å². The minimum absolute atomic E-state index is 0.0414. The van der Waals surface area contributed by atoms with Crippen LogP contribution in [-0.2, 0) is 4.79 Å². The van der Waals surface area contributed by atoms with Gasteiger partial charge in [-0.3, -0.25) is 4.79 Å². The molecule has 1 rings (SSSR count). The summed E-state index contributed by atoms with van der Waals surface area (Å²) in [5.74, 6) is -0.0414. The lowest BCUT2D eigenvalue weighted by atomic mass is 10.2. The lowest BCUT2D eigenvalue weighted by Gasteiger charge is -2.09. The molecule has 1 unspecified atom stereocenters. The minimum atomic E-state index is -0.0414. The number of nitrogens with one attached hydrogen (secondary N) is 1. The highest BCUT2D eigenvalue weighted by atomic mass is 16.1. The molecule has 1 aliphatic carbocycles. The van der Waals surface area contributed by atoms with Crippen LogP contribution >= 0.6 is 0 Å². The predicted molar refractivity (Wildman–Crippen MR) is 39.1 cm³/mol. The molecule has 1 radical (unpaired) electrons. The molecule has 0 aromatic rings. The van der Waals surface area contributed by atoms with Crippen LogP contribution in [0, 0.1) is 6.42 Å². The summed E-state index contributed by atoms with van der Waals surface area (Å²) in [5.41, 5.74) is 5.13. The summed E-state index contributed by atoms with van der Waals surface area (Å²) >= 11 is 0. The van der Waals surface area contributed by atoms with E-state index in [0.717, 1.165) is 19.3 Å². The Kier molecular flexibility index (Phi) is 2.68. The van der Waals surface area contributed by atoms with Gasteiger partial charge in [0.1, 0.15) is 0 Å². The van der Waals surface area contributed by atoms with Gasteiger partial charge in [0.15, 0.2) is 0 Å². The first-order valence-corrected chi connectivity index (χ1v) is 3.64. The summed E-state index contributed by atoms with van der Waals surface area (Å²) in [6.45, 7) is 0.108. The molecular weight excluding hydrogens is 128 g/mol. The topological polar surface area (TPSA) is 55.1 Å². The molecule has 0 aliphatic heterocycles. The summed E-state index contributed by atoms with van der Waals surface area (Å²) in [6.07, 6.45) is 5.40. The molecule has 1 saturated carbocycles. The Bertz CT molecular complexity index is 119. The lowest BCUT2D eigenvalue weighted by Crippen LogP contribution is -2.37. The molecular formula is C7H13N2O. The average Bonchev–Trinajstić information content (AvgIpc) is 2.40. The molecule has 3 heteroatoms. The zero-order valence-corrected chi connectivity index (χ0v) is 5.97. The fraction of sp³-hybridized carbons (Fsp3) is 0.714. The van der Waals surface area contributed by atoms with E-state index in [1.165, 1.54) is 0 Å². The molecule has 57 valence electrons. The number of hydrogen-bond acceptors (Lipinski definition) is 2. The number of amides is 1. The number of hydrogen-bond donors (Lipinski definition) is 2. The van der Waals surface area contributed by atoms with Crippen LogP contribution in [0.5, 0.6) is 0 Å². The first-order valence-electron chi connectivity index (χ1n) is 3.64. The highest BCUT2D eigenvalue weighted by Crippen LogP contribution is 2.15. The summed E-state index contributed by atoms with van der Waals surface area (Å²) in [4.78, 5) is 10.7. The van der Waals surface area contributed by atoms with Gasteiger partial charge in [-0.05, 0) is 25.7 Å². The maximum absolute atomic E-state index is 10.7. The molecule has 1 fully saturated rings. The van der Waals surface area contributed by atoms with Crippen LogP contribution in [0.1, 0.15) is 19.3 Å². The Balaban J connectivity index is 2.17. The van der Waals surface area contributed by atoms with Crippen molar-refractivity contribution >= 4 is 5.91 Å². The van der Waals surface area contributed by atoms with Gasteiger partial charge in [-0.1, -0.05) is 0 Å². The molecule has 3 nitrogen and oxygen atoms in total. The highest BCUT2D eigenvalue weighted by molar-refractivity contribution is 5.78. The average molecular weight is 141 g/mol. The largest absolute Gasteiger partial charge is 0.352 e. The fourth-order valence-electron chi connectivity index (χ4n) is 1.17. The van der Waals surface area contributed by atoms with Crippen molar-refractivity contribution in [3.8, 4) is 0 Å². The van der Waals surface area contributed by atoms with Crippen molar-refractivity contribution in [2.75, 3.05) is 6.54 Å². The maximum atomic E-state index is 10.7. The van der Waals surface area contributed by atoms with Crippen molar-refractivity contribution in [1.29, 1.82) is 0 Å². The van der Waals surface area contributed by atoms with Gasteiger partial charge in [0.25, 0.3) is 0 Å². The van der Waals surface area contributed by atoms with Gasteiger partial charge in [-0.25, -0.2) is 0 Å². The summed E-state index contributed by atoms with van der Waals surface area (Å²) in [7, 11) is 0. The quantitative estimate of drug-likeness (QED) is 0.560. The van der Waals surface area contributed by atoms with Crippen LogP contribution in [0.25, 0.3) is 0 Å². The third-order valence-electron chi connectivity index (χ3n) is 1.72. The Hall–Kier alpha value is -0.570. The van der Waals surface area contributed by atoms with E-state index >= 15 is 0 Å². The van der Waals surface area contributed by atoms with E-state index in [2.05, 4.69) is 11.7 Å². The molecule has 0 aromatic carbocycles. The molecule has 0 bridgehead atoms. The first kappa shape index (κ1) is 7.54. The zero-order valence-electron chi connectivity index (χ0n) is 5.97. The Labute approximate surface area is 61.0 Å². The molecule has 0 saturated heterocycles. The molecule has 0 heterocycles. The van der Waals surface area contributed by atoms with E-state index < -0.39 is 0 Å². The zero-order chi connectivity index (χ0) is 7.40. The van der Waals surface area contributed by atoms with Crippen molar-refractivity contribution in [2.24, 2.45) is 5.73 Å². The molecule has 3 N–H and O–H groups in total. The van der Waals surface area contributed by atoms with Crippen molar-refractivity contribution in [3.63, 3.8) is 0 Å². The molecule has 1 atom stereocenters. The van der Waals surface area contributed by atoms with Crippen LogP contribution in [-0.4, -0.2) is 18.5 Å². The Morgan fingerprint density at radius 1 is 1.80 bits per heavy atom. The summed E-state index contributed by atoms with van der Waals surface area (Å²) in [6, 6.07) is 0.357. The van der Waals surface area contributed by atoms with Gasteiger partial charge in [-0.2, -0.15) is 0 Å². The van der Waals surface area contributed by atoms with Gasteiger partial charge in [0, 0.05) is 6.04 Å². The van der Waals surface area contributed by atoms with Crippen LogP contribution in [0.2, 0.25) is 0 Å². The van der Waals surface area contributed by atoms with Crippen molar-refractivity contribution in [1.82, 2.24) is 5.32 Å². The molecule has 0 aromatic heterocycles. The van der Waals surface area contributed by atoms with Crippen LogP contribution in [0.3, 0.4) is 0 Å². The number of carbonyl (C=O) groups excluding carboxylic acids is 1. The minimum Gasteiger partial charge on any atom is -0.352 e. The van der Waals surface area contributed by atoms with Gasteiger partial charge >= 0.3 is 0 Å². The van der Waals surface area contributed by atoms with Crippen LogP contribution in [0.4, 0.5) is 0 Å². The second-order valence-corrected chi connectivity index (χ2v) is 2.57. The van der Waals surface area contributed by atoms with Gasteiger partial charge in [-0.15, -0.1) is 0 Å². The smallest absolute Gasteiger partial charge is 0.233 e. The van der Waals surface area contributed by atoms with Gasteiger partial charge in [0.2, 0.25) is 5.91 Å². The third kappa shape index (κ3) is 1.99. The van der Waals surface area contributed by atoms with Crippen molar-refractivity contribution in [2.45, 2.75) is 25.3 Å².